The molecule has 256 valence electrons. The highest BCUT2D eigenvalue weighted by Gasteiger charge is 2.54. The van der Waals surface area contributed by atoms with Crippen molar-refractivity contribution in [2.45, 2.75) is 146 Å². The molecule has 4 aromatic rings. The number of fused-ring (bicyclic) bond motifs is 8. The van der Waals surface area contributed by atoms with Gasteiger partial charge in [-0.3, -0.25) is 0 Å². The Hall–Kier alpha value is -2.97. The second-order valence-corrected chi connectivity index (χ2v) is 23.3. The normalized spacial score (nSPS) is 17.8. The Bertz CT molecular complexity index is 1760. The Morgan fingerprint density at radius 1 is 0.417 bits per heavy atom. The van der Waals surface area contributed by atoms with Crippen molar-refractivity contribution in [3.8, 4) is 0 Å². The molecule has 0 saturated carbocycles. The average Bonchev–Trinajstić information content (AvgIpc) is 3.63. The summed E-state index contributed by atoms with van der Waals surface area (Å²) in [7, 11) is -3.37. The topological polar surface area (TPSA) is 19.7 Å². The maximum Gasteiger partial charge on any atom is 0.272 e. The van der Waals surface area contributed by atoms with Crippen molar-refractivity contribution in [3.05, 3.63) is 103 Å². The first-order chi connectivity index (χ1) is 22.8. The molecule has 0 N–H and O–H groups in total. The van der Waals surface area contributed by atoms with Gasteiger partial charge in [0.2, 0.25) is 0 Å². The van der Waals surface area contributed by atoms with Crippen molar-refractivity contribution in [2.75, 3.05) is 0 Å². The van der Waals surface area contributed by atoms with Crippen LogP contribution < -0.4 is 0 Å². The average molecular weight is 677 g/mol. The van der Waals surface area contributed by atoms with Crippen molar-refractivity contribution in [1.29, 1.82) is 0 Å². The van der Waals surface area contributed by atoms with E-state index in [1.54, 1.807) is 22.3 Å². The van der Waals surface area contributed by atoms with Gasteiger partial charge in [-0.15, -0.1) is 0 Å². The second-order valence-electron chi connectivity index (χ2n) is 15.5. The maximum atomic E-state index is 4.60. The molecule has 48 heavy (non-hydrogen) atoms. The van der Waals surface area contributed by atoms with Crippen LogP contribution >= 0.6 is 0 Å². The van der Waals surface area contributed by atoms with E-state index in [9.17, 15) is 0 Å². The quantitative estimate of drug-likeness (QED) is 0.192. The second kappa shape index (κ2) is 11.3. The number of nitrogens with zero attached hydrogens (tertiary/aromatic N) is 4. The van der Waals surface area contributed by atoms with E-state index in [1.165, 1.54) is 116 Å². The Morgan fingerprint density at radius 2 is 0.625 bits per heavy atom. The van der Waals surface area contributed by atoms with Crippen molar-refractivity contribution in [2.24, 2.45) is 0 Å². The predicted octanol–water partition coefficient (Wildman–Crippen LogP) is 10.5. The van der Waals surface area contributed by atoms with Crippen LogP contribution in [0.3, 0.4) is 0 Å². The van der Waals surface area contributed by atoms with Crippen LogP contribution in [0, 0.1) is 55.4 Å². The molecule has 4 aromatic heterocycles. The predicted molar refractivity (Wildman–Crippen MR) is 211 cm³/mol. The van der Waals surface area contributed by atoms with Gasteiger partial charge in [-0.1, -0.05) is 53.7 Å². The zero-order valence-electron chi connectivity index (χ0n) is 32.3. The third-order valence-electron chi connectivity index (χ3n) is 13.7. The van der Waals surface area contributed by atoms with Gasteiger partial charge in [0, 0.05) is 56.7 Å². The van der Waals surface area contributed by atoms with Gasteiger partial charge in [-0.25, -0.2) is 0 Å². The summed E-state index contributed by atoms with van der Waals surface area (Å²) in [6.07, 6.45) is 7.28. The van der Waals surface area contributed by atoms with Gasteiger partial charge in [0.1, 0.15) is 0 Å². The van der Waals surface area contributed by atoms with Crippen molar-refractivity contribution in [3.63, 3.8) is 0 Å². The standard InChI is InChI=1S/2C21H30N2Si/c2*1-8-18-13(3)20-15(5)21-14(4)19(9-2)17(7)23(21)24(11-10-12-24)22(20)16(18)6/h2*5,8-12H2,1-4,6-7H3. The Morgan fingerprint density at radius 3 is 0.771 bits per heavy atom. The molecular formula is C42H60N4Si2. The van der Waals surface area contributed by atoms with Gasteiger partial charge < -0.3 is 16.9 Å². The van der Waals surface area contributed by atoms with Crippen molar-refractivity contribution >= 4 is 27.9 Å². The zero-order valence-corrected chi connectivity index (χ0v) is 34.3. The first kappa shape index (κ1) is 33.5. The lowest BCUT2D eigenvalue weighted by Crippen LogP contribution is -2.60. The highest BCUT2D eigenvalue weighted by atomic mass is 28.4. The molecule has 0 aliphatic carbocycles. The Labute approximate surface area is 292 Å². The SMILES string of the molecule is C=C1c2c(C)c(CC)c(C)n2[Si]2(CCC2)n2c(C)c(CC)c(C)c21.C=C1c2c(C)c(CC)c(C)n2[Si]2(CCC2)n2c(C)c(CC)c(C)c21. The molecule has 8 heterocycles. The summed E-state index contributed by atoms with van der Waals surface area (Å²) < 4.78 is 11.2. The highest BCUT2D eigenvalue weighted by molar-refractivity contribution is 6.81. The minimum absolute atomic E-state index is 1.13. The molecule has 2 fully saturated rings. The molecule has 0 aromatic carbocycles. The third-order valence-corrected chi connectivity index (χ3v) is 23.9. The molecule has 4 nitrogen and oxygen atoms in total. The van der Waals surface area contributed by atoms with Crippen LogP contribution in [0.5, 0.6) is 0 Å². The van der Waals surface area contributed by atoms with Crippen LogP contribution in [0.1, 0.15) is 131 Å². The van der Waals surface area contributed by atoms with Crippen LogP contribution in [0.2, 0.25) is 24.2 Å². The van der Waals surface area contributed by atoms with Crippen molar-refractivity contribution < 1.29 is 0 Å². The van der Waals surface area contributed by atoms with E-state index in [0.717, 1.165) is 25.7 Å². The highest BCUT2D eigenvalue weighted by Crippen LogP contribution is 2.51. The van der Waals surface area contributed by atoms with Gasteiger partial charge in [-0.05, 0) is 150 Å². The first-order valence-electron chi connectivity index (χ1n) is 19.0. The number of rotatable bonds is 4. The van der Waals surface area contributed by atoms with E-state index < -0.39 is 16.8 Å². The maximum absolute atomic E-state index is 4.60. The molecule has 8 rings (SSSR count). The van der Waals surface area contributed by atoms with E-state index in [2.05, 4.69) is 113 Å². The Kier molecular flexibility index (Phi) is 7.88. The molecule has 2 saturated heterocycles. The summed E-state index contributed by atoms with van der Waals surface area (Å²) in [4.78, 5) is 0. The summed E-state index contributed by atoms with van der Waals surface area (Å²) in [5, 5.41) is 0. The van der Waals surface area contributed by atoms with Gasteiger partial charge in [0.25, 0.3) is 16.8 Å². The van der Waals surface area contributed by atoms with Crippen LogP contribution in [0.4, 0.5) is 0 Å². The molecule has 4 aliphatic heterocycles. The Balaban J connectivity index is 0.000000152. The van der Waals surface area contributed by atoms with Crippen LogP contribution in [-0.4, -0.2) is 33.7 Å². The molecule has 2 spiro atoms. The van der Waals surface area contributed by atoms with E-state index in [1.807, 2.05) is 0 Å². The summed E-state index contributed by atoms with van der Waals surface area (Å²) in [5.41, 5.74) is 26.6. The van der Waals surface area contributed by atoms with Crippen molar-refractivity contribution in [1.82, 2.24) is 16.9 Å². The molecule has 0 amide bonds. The number of hydrogen-bond acceptors (Lipinski definition) is 0. The number of hydrogen-bond donors (Lipinski definition) is 0. The smallest absolute Gasteiger partial charge is 0.272 e. The molecule has 0 bridgehead atoms. The van der Waals surface area contributed by atoms with E-state index in [-0.39, 0.29) is 0 Å². The molecule has 6 heteroatoms. The first-order valence-corrected chi connectivity index (χ1v) is 23.7. The van der Waals surface area contributed by atoms with E-state index >= 15 is 0 Å². The zero-order chi connectivity index (χ0) is 34.8. The van der Waals surface area contributed by atoms with Gasteiger partial charge >= 0.3 is 0 Å². The molecule has 0 atom stereocenters. The lowest BCUT2D eigenvalue weighted by atomic mass is 9.99. The fourth-order valence-corrected chi connectivity index (χ4v) is 21.5. The molecule has 0 radical (unpaired) electrons. The largest absolute Gasteiger partial charge is 0.353 e. The van der Waals surface area contributed by atoms with E-state index in [4.69, 9.17) is 0 Å². The van der Waals surface area contributed by atoms with Crippen LogP contribution in [-0.2, 0) is 25.7 Å². The summed E-state index contributed by atoms with van der Waals surface area (Å²) in [6.45, 7) is 37.1. The minimum Gasteiger partial charge on any atom is -0.353 e. The lowest BCUT2D eigenvalue weighted by Gasteiger charge is -2.48. The summed E-state index contributed by atoms with van der Waals surface area (Å²) in [6, 6.07) is 5.54. The minimum atomic E-state index is -1.68. The van der Waals surface area contributed by atoms with Crippen LogP contribution in [0.15, 0.2) is 13.2 Å². The number of aromatic nitrogens is 4. The van der Waals surface area contributed by atoms with E-state index in [0.29, 0.717) is 0 Å². The summed E-state index contributed by atoms with van der Waals surface area (Å²) >= 11 is 0. The lowest BCUT2D eigenvalue weighted by molar-refractivity contribution is 0.741. The van der Waals surface area contributed by atoms with Gasteiger partial charge in [0.15, 0.2) is 0 Å². The van der Waals surface area contributed by atoms with Gasteiger partial charge in [-0.2, -0.15) is 0 Å². The van der Waals surface area contributed by atoms with Crippen LogP contribution in [0.25, 0.3) is 11.1 Å². The molecule has 0 unspecified atom stereocenters. The fraction of sp³-hybridized carbons (Fsp3) is 0.524. The molecular weight excluding hydrogens is 617 g/mol. The monoisotopic (exact) mass is 676 g/mol. The molecule has 4 aliphatic rings. The van der Waals surface area contributed by atoms with Gasteiger partial charge in [0.05, 0.1) is 0 Å². The fourth-order valence-electron chi connectivity index (χ4n) is 11.5. The summed E-state index contributed by atoms with van der Waals surface area (Å²) in [5.74, 6) is 0. The third kappa shape index (κ3) is 3.82.